The van der Waals surface area contributed by atoms with Crippen molar-refractivity contribution >= 4 is 58.9 Å². The van der Waals surface area contributed by atoms with Gasteiger partial charge in [-0.3, -0.25) is 4.79 Å². The molecule has 98 valence electrons. The van der Waals surface area contributed by atoms with E-state index in [9.17, 15) is 13.2 Å². The Morgan fingerprint density at radius 2 is 2.17 bits per heavy atom. The lowest BCUT2D eigenvalue weighted by atomic mass is 10.3. The van der Waals surface area contributed by atoms with Gasteiger partial charge < -0.3 is 4.90 Å². The van der Waals surface area contributed by atoms with Crippen molar-refractivity contribution in [2.75, 3.05) is 11.4 Å². The molecule has 2 rings (SSSR count). The minimum Gasteiger partial charge on any atom is -0.310 e. The highest BCUT2D eigenvalue weighted by molar-refractivity contribution is 9.10. The first-order valence-corrected chi connectivity index (χ1v) is 8.38. The van der Waals surface area contributed by atoms with E-state index in [2.05, 4.69) is 20.9 Å². The monoisotopic (exact) mass is 372 g/mol. The van der Waals surface area contributed by atoms with Crippen LogP contribution in [0.4, 0.5) is 5.69 Å². The maximum atomic E-state index is 11.8. The van der Waals surface area contributed by atoms with Gasteiger partial charge in [0.15, 0.2) is 0 Å². The maximum absolute atomic E-state index is 11.8. The summed E-state index contributed by atoms with van der Waals surface area (Å²) in [6.07, 6.45) is 1.33. The van der Waals surface area contributed by atoms with E-state index in [4.69, 9.17) is 22.3 Å². The second kappa shape index (κ2) is 4.96. The van der Waals surface area contributed by atoms with Crippen molar-refractivity contribution in [1.29, 1.82) is 0 Å². The number of hydrogen-bond donors (Lipinski definition) is 0. The van der Waals surface area contributed by atoms with Crippen molar-refractivity contribution in [2.45, 2.75) is 11.7 Å². The van der Waals surface area contributed by atoms with Crippen LogP contribution >= 0.6 is 38.2 Å². The van der Waals surface area contributed by atoms with Crippen molar-refractivity contribution < 1.29 is 13.2 Å². The van der Waals surface area contributed by atoms with Gasteiger partial charge in [0.25, 0.3) is 0 Å². The maximum Gasteiger partial charge on any atom is 0.237 e. The van der Waals surface area contributed by atoms with Gasteiger partial charge in [0.05, 0.1) is 10.2 Å². The highest BCUT2D eigenvalue weighted by Gasteiger charge is 2.38. The lowest BCUT2D eigenvalue weighted by Crippen LogP contribution is -2.27. The fourth-order valence-corrected chi connectivity index (χ4v) is 3.32. The molecule has 9 heteroatoms. The van der Waals surface area contributed by atoms with Gasteiger partial charge in [-0.25, -0.2) is 13.4 Å². The number of anilines is 1. The quantitative estimate of drug-likeness (QED) is 0.588. The second-order valence-electron chi connectivity index (χ2n) is 3.76. The molecule has 1 amide bonds. The van der Waals surface area contributed by atoms with E-state index < -0.39 is 14.3 Å². The zero-order valence-corrected chi connectivity index (χ0v) is 12.7. The van der Waals surface area contributed by atoms with Gasteiger partial charge in [-0.15, -0.1) is 0 Å². The van der Waals surface area contributed by atoms with Crippen molar-refractivity contribution in [2.24, 2.45) is 0 Å². The van der Waals surface area contributed by atoms with Gasteiger partial charge >= 0.3 is 0 Å². The molecule has 0 N–H and O–H groups in total. The minimum absolute atomic E-state index is 0.0175. The van der Waals surface area contributed by atoms with Gasteiger partial charge in [0, 0.05) is 35.9 Å². The number of amides is 1. The SMILES string of the molecule is O=C1CC(S(=O)(=O)Cl)CN1c1cc(Cl)ncc1Br. The third-order valence-corrected chi connectivity index (χ3v) is 5.27. The van der Waals surface area contributed by atoms with Crippen LogP contribution in [0.25, 0.3) is 0 Å². The van der Waals surface area contributed by atoms with E-state index in [1.54, 1.807) is 0 Å². The number of carbonyl (C=O) groups is 1. The predicted molar refractivity (Wildman–Crippen MR) is 72.5 cm³/mol. The predicted octanol–water partition coefficient (Wildman–Crippen LogP) is 2.17. The summed E-state index contributed by atoms with van der Waals surface area (Å²) in [7, 11) is 1.52. The summed E-state index contributed by atoms with van der Waals surface area (Å²) in [5, 5.41) is -0.677. The Labute approximate surface area is 122 Å². The molecule has 2 heterocycles. The van der Waals surface area contributed by atoms with E-state index in [0.29, 0.717) is 10.2 Å². The van der Waals surface area contributed by atoms with Crippen LogP contribution in [0.2, 0.25) is 5.15 Å². The number of hydrogen-bond acceptors (Lipinski definition) is 4. The molecule has 0 spiro atoms. The molecule has 1 fully saturated rings. The van der Waals surface area contributed by atoms with Gasteiger partial charge in [-0.1, -0.05) is 11.6 Å². The molecule has 1 aliphatic rings. The average molecular weight is 374 g/mol. The van der Waals surface area contributed by atoms with E-state index in [1.165, 1.54) is 17.2 Å². The number of rotatable bonds is 2. The molecule has 1 saturated heterocycles. The molecular formula is C9H7BrCl2N2O3S. The summed E-state index contributed by atoms with van der Waals surface area (Å²) in [5.41, 5.74) is 0.489. The van der Waals surface area contributed by atoms with Crippen molar-refractivity contribution in [3.05, 3.63) is 21.9 Å². The molecule has 1 unspecified atom stereocenters. The number of pyridine rings is 1. The Morgan fingerprint density at radius 1 is 1.50 bits per heavy atom. The van der Waals surface area contributed by atoms with Gasteiger partial charge in [-0.2, -0.15) is 0 Å². The zero-order valence-electron chi connectivity index (χ0n) is 8.81. The topological polar surface area (TPSA) is 67.3 Å². The minimum atomic E-state index is -3.75. The van der Waals surface area contributed by atoms with Crippen molar-refractivity contribution in [3.63, 3.8) is 0 Å². The molecule has 1 atom stereocenters. The lowest BCUT2D eigenvalue weighted by molar-refractivity contribution is -0.117. The van der Waals surface area contributed by atoms with Gasteiger partial charge in [-0.05, 0) is 15.9 Å². The zero-order chi connectivity index (χ0) is 13.5. The van der Waals surface area contributed by atoms with Crippen LogP contribution in [-0.2, 0) is 13.8 Å². The molecule has 0 aromatic carbocycles. The molecule has 18 heavy (non-hydrogen) atoms. The van der Waals surface area contributed by atoms with Crippen LogP contribution in [0.1, 0.15) is 6.42 Å². The first-order valence-electron chi connectivity index (χ1n) is 4.84. The number of nitrogens with zero attached hydrogens (tertiary/aromatic N) is 2. The molecule has 5 nitrogen and oxygen atoms in total. The summed E-state index contributed by atoms with van der Waals surface area (Å²) in [6.45, 7) is 0.0175. The summed E-state index contributed by atoms with van der Waals surface area (Å²) in [6, 6.07) is 1.49. The largest absolute Gasteiger partial charge is 0.310 e. The van der Waals surface area contributed by atoms with E-state index in [1.807, 2.05) is 0 Å². The Morgan fingerprint density at radius 3 is 2.72 bits per heavy atom. The smallest absolute Gasteiger partial charge is 0.237 e. The first kappa shape index (κ1) is 14.0. The Balaban J connectivity index is 2.35. The summed E-state index contributed by atoms with van der Waals surface area (Å²) in [5.74, 6) is -0.313. The van der Waals surface area contributed by atoms with E-state index in [-0.39, 0.29) is 24.0 Å². The fourth-order valence-electron chi connectivity index (χ4n) is 1.71. The third kappa shape index (κ3) is 2.79. The number of halogens is 3. The summed E-state index contributed by atoms with van der Waals surface area (Å²) in [4.78, 5) is 17.0. The normalized spacial score (nSPS) is 20.5. The Kier molecular flexibility index (Phi) is 3.87. The standard InChI is InChI=1S/C9H7BrCl2N2O3S/c10-6-3-13-8(11)2-7(6)14-4-5(1-9(14)15)18(12,16)17/h2-3,5H,1,4H2. The van der Waals surface area contributed by atoms with Crippen molar-refractivity contribution in [3.8, 4) is 0 Å². The first-order chi connectivity index (χ1) is 8.29. The van der Waals surface area contributed by atoms with E-state index in [0.717, 1.165) is 0 Å². The average Bonchev–Trinajstić information content (AvgIpc) is 2.64. The van der Waals surface area contributed by atoms with Crippen LogP contribution in [0, 0.1) is 0 Å². The van der Waals surface area contributed by atoms with Crippen LogP contribution in [0.15, 0.2) is 16.7 Å². The molecule has 0 aliphatic carbocycles. The molecular weight excluding hydrogens is 367 g/mol. The van der Waals surface area contributed by atoms with Gasteiger partial charge in [0.2, 0.25) is 15.0 Å². The summed E-state index contributed by atoms with van der Waals surface area (Å²) >= 11 is 9.00. The fraction of sp³-hybridized carbons (Fsp3) is 0.333. The van der Waals surface area contributed by atoms with Crippen LogP contribution in [0.5, 0.6) is 0 Å². The molecule has 1 aromatic rings. The summed E-state index contributed by atoms with van der Waals surface area (Å²) < 4.78 is 23.1. The molecule has 1 aromatic heterocycles. The molecule has 0 saturated carbocycles. The lowest BCUT2D eigenvalue weighted by Gasteiger charge is -2.17. The highest BCUT2D eigenvalue weighted by Crippen LogP contribution is 2.33. The molecule has 0 radical (unpaired) electrons. The Hall–Kier alpha value is -0.370. The van der Waals surface area contributed by atoms with Gasteiger partial charge in [0.1, 0.15) is 10.4 Å². The van der Waals surface area contributed by atoms with E-state index >= 15 is 0 Å². The molecule has 1 aliphatic heterocycles. The second-order valence-corrected chi connectivity index (χ2v) is 7.91. The molecule has 0 bridgehead atoms. The van der Waals surface area contributed by atoms with Crippen molar-refractivity contribution in [1.82, 2.24) is 4.98 Å². The Bertz CT molecular complexity index is 608. The van der Waals surface area contributed by atoms with Crippen LogP contribution < -0.4 is 4.90 Å². The highest BCUT2D eigenvalue weighted by atomic mass is 79.9. The number of carbonyl (C=O) groups excluding carboxylic acids is 1. The van der Waals surface area contributed by atoms with Crippen LogP contribution in [0.3, 0.4) is 0 Å². The van der Waals surface area contributed by atoms with Crippen LogP contribution in [-0.4, -0.2) is 31.1 Å². The third-order valence-electron chi connectivity index (χ3n) is 2.58. The number of aromatic nitrogens is 1.